The van der Waals surface area contributed by atoms with Crippen LogP contribution < -0.4 is 11.1 Å². The molecule has 1 aromatic carbocycles. The third kappa shape index (κ3) is 2.93. The topological polar surface area (TPSA) is 207 Å². The Morgan fingerprint density at radius 1 is 1.18 bits per heavy atom. The molecule has 0 heterocycles. The number of Topliss-reactive ketones (excluding diaryl/α,β-unsaturated/α-hetero) is 2. The second kappa shape index (κ2) is 7.37. The Balaban J connectivity index is 1.94. The van der Waals surface area contributed by atoms with E-state index in [4.69, 9.17) is 5.73 Å². The number of ketones is 2. The minimum Gasteiger partial charge on any atom is -0.508 e. The second-order valence-electron chi connectivity index (χ2n) is 8.94. The summed E-state index contributed by atoms with van der Waals surface area (Å²) in [7, 11) is 0. The zero-order valence-corrected chi connectivity index (χ0v) is 17.8. The van der Waals surface area contributed by atoms with Gasteiger partial charge in [0.05, 0.1) is 17.6 Å². The average molecular weight is 460 g/mol. The van der Waals surface area contributed by atoms with E-state index in [1.165, 1.54) is 19.1 Å². The van der Waals surface area contributed by atoms with Gasteiger partial charge in [-0.05, 0) is 23.6 Å². The smallest absolute Gasteiger partial charge is 0.255 e. The first-order valence-corrected chi connectivity index (χ1v) is 10.4. The molecule has 11 nitrogen and oxygen atoms in total. The molecule has 1 fully saturated rings. The molecule has 1 aromatic rings. The molecule has 7 atom stereocenters. The molecule has 0 saturated heterocycles. The number of carbonyl (C=O) groups is 4. The number of carbonyl (C=O) groups excluding carboxylic acids is 4. The Labute approximate surface area is 187 Å². The van der Waals surface area contributed by atoms with Crippen LogP contribution in [0.15, 0.2) is 23.5 Å². The zero-order valence-electron chi connectivity index (χ0n) is 17.8. The summed E-state index contributed by atoms with van der Waals surface area (Å²) in [5, 5.41) is 57.3. The number of hydrogen-bond acceptors (Lipinski definition) is 9. The molecule has 4 rings (SSSR count). The Hall–Kier alpha value is -3.28. The van der Waals surface area contributed by atoms with E-state index in [1.54, 1.807) is 6.92 Å². The Bertz CT molecular complexity index is 1140. The van der Waals surface area contributed by atoms with E-state index in [0.717, 1.165) is 0 Å². The van der Waals surface area contributed by atoms with Gasteiger partial charge in [0.2, 0.25) is 5.91 Å². The maximum atomic E-state index is 13.5. The van der Waals surface area contributed by atoms with Gasteiger partial charge in [-0.1, -0.05) is 6.92 Å². The van der Waals surface area contributed by atoms with Crippen molar-refractivity contribution in [3.63, 3.8) is 0 Å². The summed E-state index contributed by atoms with van der Waals surface area (Å²) in [6, 6.07) is 2.60. The molecular weight excluding hydrogens is 436 g/mol. The van der Waals surface area contributed by atoms with Gasteiger partial charge in [-0.25, -0.2) is 0 Å². The molecule has 0 radical (unpaired) electrons. The van der Waals surface area contributed by atoms with Gasteiger partial charge in [-0.2, -0.15) is 0 Å². The third-order valence-electron chi connectivity index (χ3n) is 7.24. The molecule has 3 aliphatic rings. The SMILES string of the molecule is CC(=O)Nc1ccc(O)c2c1[C@@H](C)C1C(C2=O)C(O)C2(O)C(O)=C(C(N)=O)C(=O)CC2[C@@H]1O. The van der Waals surface area contributed by atoms with Gasteiger partial charge in [-0.15, -0.1) is 0 Å². The summed E-state index contributed by atoms with van der Waals surface area (Å²) in [5.41, 5.74) is 1.84. The van der Waals surface area contributed by atoms with Gasteiger partial charge in [0, 0.05) is 30.9 Å². The van der Waals surface area contributed by atoms with Crippen LogP contribution in [0.5, 0.6) is 5.75 Å². The number of aromatic hydroxyl groups is 1. The minimum absolute atomic E-state index is 0.200. The maximum absolute atomic E-state index is 13.5. The first-order valence-electron chi connectivity index (χ1n) is 10.4. The lowest BCUT2D eigenvalue weighted by Crippen LogP contribution is -2.69. The van der Waals surface area contributed by atoms with Crippen LogP contribution in [0.2, 0.25) is 0 Å². The van der Waals surface area contributed by atoms with Crippen LogP contribution in [0.25, 0.3) is 0 Å². The normalized spacial score (nSPS) is 35.4. The summed E-state index contributed by atoms with van der Waals surface area (Å²) >= 11 is 0. The highest BCUT2D eigenvalue weighted by Gasteiger charge is 2.67. The summed E-state index contributed by atoms with van der Waals surface area (Å²) in [6.07, 6.45) is -4.22. The average Bonchev–Trinajstić information content (AvgIpc) is 2.71. The molecule has 0 aromatic heterocycles. The molecule has 5 unspecified atom stereocenters. The summed E-state index contributed by atoms with van der Waals surface area (Å²) < 4.78 is 0. The Morgan fingerprint density at radius 2 is 1.82 bits per heavy atom. The van der Waals surface area contributed by atoms with Gasteiger partial charge in [0.25, 0.3) is 5.91 Å². The van der Waals surface area contributed by atoms with E-state index in [9.17, 15) is 44.7 Å². The van der Waals surface area contributed by atoms with E-state index in [-0.39, 0.29) is 16.8 Å². The lowest BCUT2D eigenvalue weighted by atomic mass is 9.51. The molecule has 3 aliphatic carbocycles. The quantitative estimate of drug-likeness (QED) is 0.218. The fourth-order valence-electron chi connectivity index (χ4n) is 5.85. The number of aliphatic hydroxyl groups is 4. The fraction of sp³-hybridized carbons (Fsp3) is 0.455. The Kier molecular flexibility index (Phi) is 5.11. The number of rotatable bonds is 2. The standard InChI is InChI=1S/C22H24N2O9/c1-6-12-9(24-7(2)25)3-4-10(26)14(12)18(29)16-13(6)17(28)8-5-11(27)15(21(23)32)19(30)22(8,33)20(16)31/h3-4,6,8,13,16-17,20,26,28,30-31,33H,5H2,1-2H3,(H2,23,32)(H,24,25)/t6-,8?,13?,16?,17+,20?,22?/m1/s1. The van der Waals surface area contributed by atoms with E-state index in [0.29, 0.717) is 0 Å². The number of hydrogen-bond donors (Lipinski definition) is 7. The number of phenols is 1. The lowest BCUT2D eigenvalue weighted by molar-refractivity contribution is -0.209. The monoisotopic (exact) mass is 460 g/mol. The molecular formula is C22H24N2O9. The van der Waals surface area contributed by atoms with Gasteiger partial charge in [0.1, 0.15) is 23.2 Å². The Morgan fingerprint density at radius 3 is 2.39 bits per heavy atom. The van der Waals surface area contributed by atoms with Crippen LogP contribution in [0.3, 0.4) is 0 Å². The summed E-state index contributed by atoms with van der Waals surface area (Å²) in [6.45, 7) is 2.87. The summed E-state index contributed by atoms with van der Waals surface area (Å²) in [4.78, 5) is 49.3. The van der Waals surface area contributed by atoms with Crippen molar-refractivity contribution < 1.29 is 44.7 Å². The van der Waals surface area contributed by atoms with Crippen molar-refractivity contribution in [1.29, 1.82) is 0 Å². The predicted molar refractivity (Wildman–Crippen MR) is 111 cm³/mol. The van der Waals surface area contributed by atoms with E-state index < -0.39 is 88.4 Å². The van der Waals surface area contributed by atoms with Crippen LogP contribution in [-0.2, 0) is 14.4 Å². The molecule has 0 spiro atoms. The van der Waals surface area contributed by atoms with Crippen molar-refractivity contribution in [3.05, 3.63) is 34.6 Å². The number of anilines is 1. The van der Waals surface area contributed by atoms with E-state index in [1.807, 2.05) is 0 Å². The van der Waals surface area contributed by atoms with Gasteiger partial charge in [0.15, 0.2) is 17.2 Å². The van der Waals surface area contributed by atoms with Crippen LogP contribution >= 0.6 is 0 Å². The number of primary amides is 1. The maximum Gasteiger partial charge on any atom is 0.255 e. The number of nitrogens with one attached hydrogen (secondary N) is 1. The highest BCUT2D eigenvalue weighted by atomic mass is 16.4. The van der Waals surface area contributed by atoms with Gasteiger partial charge >= 0.3 is 0 Å². The van der Waals surface area contributed by atoms with Crippen molar-refractivity contribution in [2.75, 3.05) is 5.32 Å². The van der Waals surface area contributed by atoms with Crippen molar-refractivity contribution in [1.82, 2.24) is 0 Å². The van der Waals surface area contributed by atoms with Gasteiger partial charge in [-0.3, -0.25) is 19.2 Å². The highest BCUT2D eigenvalue weighted by molar-refractivity contribution is 6.20. The molecule has 8 N–H and O–H groups in total. The van der Waals surface area contributed by atoms with Crippen molar-refractivity contribution in [3.8, 4) is 5.75 Å². The molecule has 33 heavy (non-hydrogen) atoms. The van der Waals surface area contributed by atoms with Crippen LogP contribution in [0.4, 0.5) is 5.69 Å². The fourth-order valence-corrected chi connectivity index (χ4v) is 5.85. The summed E-state index contributed by atoms with van der Waals surface area (Å²) in [5.74, 6) is -9.85. The second-order valence-corrected chi connectivity index (χ2v) is 8.94. The lowest BCUT2D eigenvalue weighted by Gasteiger charge is -2.56. The molecule has 0 bridgehead atoms. The molecule has 176 valence electrons. The number of aliphatic hydroxyl groups excluding tert-OH is 3. The van der Waals surface area contributed by atoms with Crippen LogP contribution in [0.1, 0.15) is 42.1 Å². The minimum atomic E-state index is -2.70. The number of amides is 2. The molecule has 1 saturated carbocycles. The van der Waals surface area contributed by atoms with Crippen LogP contribution in [0, 0.1) is 17.8 Å². The van der Waals surface area contributed by atoms with Crippen molar-refractivity contribution in [2.24, 2.45) is 23.5 Å². The van der Waals surface area contributed by atoms with Gasteiger partial charge < -0.3 is 36.6 Å². The van der Waals surface area contributed by atoms with E-state index >= 15 is 0 Å². The number of fused-ring (bicyclic) bond motifs is 3. The molecule has 2 amide bonds. The van der Waals surface area contributed by atoms with Crippen LogP contribution in [-0.4, -0.2) is 66.7 Å². The zero-order chi connectivity index (χ0) is 24.6. The highest BCUT2D eigenvalue weighted by Crippen LogP contribution is 2.57. The van der Waals surface area contributed by atoms with Crippen molar-refractivity contribution in [2.45, 2.75) is 44.0 Å². The predicted octanol–water partition coefficient (Wildman–Crippen LogP) is -0.764. The van der Waals surface area contributed by atoms with Crippen molar-refractivity contribution >= 4 is 29.1 Å². The number of phenolic OH excluding ortho intramolecular Hbond substituents is 1. The largest absolute Gasteiger partial charge is 0.508 e. The molecule has 0 aliphatic heterocycles. The van der Waals surface area contributed by atoms with E-state index in [2.05, 4.69) is 5.32 Å². The first-order chi connectivity index (χ1) is 15.3. The number of nitrogens with two attached hydrogens (primary N) is 1. The number of benzene rings is 1. The first kappa shape index (κ1) is 22.9. The molecule has 11 heteroatoms. The third-order valence-corrected chi connectivity index (χ3v) is 7.24.